The highest BCUT2D eigenvalue weighted by Crippen LogP contribution is 2.53. The van der Waals surface area contributed by atoms with E-state index in [1.807, 2.05) is 6.07 Å². The lowest BCUT2D eigenvalue weighted by atomic mass is 9.81. The van der Waals surface area contributed by atoms with Crippen molar-refractivity contribution in [2.45, 2.75) is 19.3 Å². The third-order valence-corrected chi connectivity index (χ3v) is 13.5. The first-order valence-electron chi connectivity index (χ1n) is 22.5. The van der Waals surface area contributed by atoms with Crippen LogP contribution in [0.25, 0.3) is 111 Å². The van der Waals surface area contributed by atoms with E-state index in [0.29, 0.717) is 5.82 Å². The molecule has 11 aromatic rings. The molecule has 0 bridgehead atoms. The monoisotopic (exact) mass is 828 g/mol. The van der Waals surface area contributed by atoms with E-state index in [0.717, 1.165) is 55.7 Å². The molecule has 0 fully saturated rings. The molecule has 0 unspecified atom stereocenters. The summed E-state index contributed by atoms with van der Waals surface area (Å²) in [5, 5.41) is 4.80. The Morgan fingerprint density at radius 2 is 0.692 bits per heavy atom. The molecule has 0 aliphatic heterocycles. The van der Waals surface area contributed by atoms with Gasteiger partial charge in [0.05, 0.1) is 11.4 Å². The number of nitrogens with zero attached hydrogens (tertiary/aromatic N) is 2. The Morgan fingerprint density at radius 1 is 0.277 bits per heavy atom. The maximum atomic E-state index is 5.35. The van der Waals surface area contributed by atoms with Crippen molar-refractivity contribution in [3.63, 3.8) is 0 Å². The van der Waals surface area contributed by atoms with Crippen LogP contribution >= 0.6 is 0 Å². The van der Waals surface area contributed by atoms with Gasteiger partial charge < -0.3 is 0 Å². The summed E-state index contributed by atoms with van der Waals surface area (Å²) >= 11 is 0. The predicted molar refractivity (Wildman–Crippen MR) is 273 cm³/mol. The number of fused-ring (bicyclic) bond motifs is 5. The Morgan fingerprint density at radius 3 is 1.28 bits per heavy atom. The minimum atomic E-state index is -0.0675. The van der Waals surface area contributed by atoms with Crippen LogP contribution in [0.1, 0.15) is 25.0 Å². The Kier molecular flexibility index (Phi) is 9.21. The van der Waals surface area contributed by atoms with E-state index in [-0.39, 0.29) is 5.41 Å². The molecule has 10 aromatic carbocycles. The van der Waals surface area contributed by atoms with Gasteiger partial charge in [0, 0.05) is 22.1 Å². The SMILES string of the molecule is CC1(C)c2ccccc2-c2c(-c3ccc(-c4ccc(-c5cc(-c6cc(-c7ccccc7)cc(-c7ccccc7)c6)nc(-c6ccccc6)n5)c5ccccc45)c4ccccc34)cccc21. The van der Waals surface area contributed by atoms with Crippen molar-refractivity contribution in [1.29, 1.82) is 0 Å². The molecule has 0 saturated carbocycles. The second-order valence-electron chi connectivity index (χ2n) is 17.7. The minimum absolute atomic E-state index is 0.0675. The molecule has 0 atom stereocenters. The van der Waals surface area contributed by atoms with Crippen molar-refractivity contribution in [1.82, 2.24) is 9.97 Å². The number of aromatic nitrogens is 2. The normalized spacial score (nSPS) is 12.6. The molecule has 2 heteroatoms. The van der Waals surface area contributed by atoms with Crippen molar-refractivity contribution < 1.29 is 0 Å². The largest absolute Gasteiger partial charge is 0.228 e. The van der Waals surface area contributed by atoms with Gasteiger partial charge in [0.1, 0.15) is 0 Å². The average molecular weight is 829 g/mol. The van der Waals surface area contributed by atoms with Gasteiger partial charge in [0.25, 0.3) is 0 Å². The van der Waals surface area contributed by atoms with E-state index >= 15 is 0 Å². The lowest BCUT2D eigenvalue weighted by molar-refractivity contribution is 0.660. The average Bonchev–Trinajstić information content (AvgIpc) is 3.62. The summed E-state index contributed by atoms with van der Waals surface area (Å²) < 4.78 is 0. The zero-order valence-corrected chi connectivity index (χ0v) is 36.3. The van der Waals surface area contributed by atoms with Gasteiger partial charge in [-0.15, -0.1) is 0 Å². The van der Waals surface area contributed by atoms with Crippen LogP contribution in [-0.4, -0.2) is 9.97 Å². The fourth-order valence-electron chi connectivity index (χ4n) is 10.3. The lowest BCUT2D eigenvalue weighted by Crippen LogP contribution is -2.14. The molecular weight excluding hydrogens is 785 g/mol. The quantitative estimate of drug-likeness (QED) is 0.160. The first-order valence-corrected chi connectivity index (χ1v) is 22.5. The molecule has 0 radical (unpaired) electrons. The van der Waals surface area contributed by atoms with Crippen LogP contribution in [0.3, 0.4) is 0 Å². The van der Waals surface area contributed by atoms with Crippen LogP contribution < -0.4 is 0 Å². The highest BCUT2D eigenvalue weighted by molar-refractivity contribution is 6.13. The van der Waals surface area contributed by atoms with Gasteiger partial charge >= 0.3 is 0 Å². The van der Waals surface area contributed by atoms with Crippen molar-refractivity contribution in [3.05, 3.63) is 242 Å². The highest BCUT2D eigenvalue weighted by Gasteiger charge is 2.36. The smallest absolute Gasteiger partial charge is 0.160 e. The van der Waals surface area contributed by atoms with Gasteiger partial charge in [-0.25, -0.2) is 9.97 Å². The van der Waals surface area contributed by atoms with Crippen LogP contribution in [-0.2, 0) is 5.41 Å². The van der Waals surface area contributed by atoms with Gasteiger partial charge in [-0.1, -0.05) is 220 Å². The minimum Gasteiger partial charge on any atom is -0.228 e. The Hall–Kier alpha value is -8.20. The van der Waals surface area contributed by atoms with Crippen LogP contribution in [0.2, 0.25) is 0 Å². The molecule has 306 valence electrons. The zero-order chi connectivity index (χ0) is 43.5. The van der Waals surface area contributed by atoms with Crippen molar-refractivity contribution in [3.8, 4) is 89.5 Å². The van der Waals surface area contributed by atoms with Crippen LogP contribution in [0, 0.1) is 0 Å². The van der Waals surface area contributed by atoms with E-state index < -0.39 is 0 Å². The molecule has 0 spiro atoms. The fourth-order valence-corrected chi connectivity index (χ4v) is 10.3. The summed E-state index contributed by atoms with van der Waals surface area (Å²) in [6.07, 6.45) is 0. The molecule has 1 aliphatic rings. The third-order valence-electron chi connectivity index (χ3n) is 13.5. The number of hydrogen-bond acceptors (Lipinski definition) is 2. The Labute approximate surface area is 380 Å². The molecule has 2 nitrogen and oxygen atoms in total. The summed E-state index contributed by atoms with van der Waals surface area (Å²) in [5.74, 6) is 0.692. The summed E-state index contributed by atoms with van der Waals surface area (Å²) in [4.78, 5) is 10.7. The zero-order valence-electron chi connectivity index (χ0n) is 36.3. The van der Waals surface area contributed by atoms with Crippen LogP contribution in [0.5, 0.6) is 0 Å². The lowest BCUT2D eigenvalue weighted by Gasteiger charge is -2.22. The second kappa shape index (κ2) is 15.6. The number of hydrogen-bond donors (Lipinski definition) is 0. The topological polar surface area (TPSA) is 25.8 Å². The van der Waals surface area contributed by atoms with Gasteiger partial charge in [-0.05, 0) is 113 Å². The maximum Gasteiger partial charge on any atom is 0.160 e. The van der Waals surface area contributed by atoms with E-state index in [2.05, 4.69) is 238 Å². The molecular formula is C63H44N2. The van der Waals surface area contributed by atoms with Crippen LogP contribution in [0.4, 0.5) is 0 Å². The molecule has 1 heterocycles. The van der Waals surface area contributed by atoms with Crippen molar-refractivity contribution >= 4 is 21.5 Å². The molecule has 0 amide bonds. The molecule has 0 saturated heterocycles. The fraction of sp³-hybridized carbons (Fsp3) is 0.0476. The van der Waals surface area contributed by atoms with Gasteiger partial charge in [0.15, 0.2) is 5.82 Å². The predicted octanol–water partition coefficient (Wildman–Crippen LogP) is 16.8. The number of rotatable bonds is 7. The molecule has 65 heavy (non-hydrogen) atoms. The second-order valence-corrected chi connectivity index (χ2v) is 17.7. The summed E-state index contributed by atoms with van der Waals surface area (Å²) in [5.41, 5.74) is 19.8. The van der Waals surface area contributed by atoms with E-state index in [1.54, 1.807) is 0 Å². The summed E-state index contributed by atoms with van der Waals surface area (Å²) in [6.45, 7) is 4.71. The molecule has 1 aromatic heterocycles. The molecule has 0 N–H and O–H groups in total. The Balaban J connectivity index is 1.03. The standard InChI is InChI=1S/C63H44N2/c1-63(2)57-31-17-16-29-56(57)61-55(30-18-32-58(61)63)53-34-33-51(47-25-12-13-26-48(47)53)52-35-36-54(50-28-15-14-27-49(50)52)60-40-59(64-62(65-60)43-23-10-5-11-24-43)46-38-44(41-19-6-3-7-20-41)37-45(39-46)42-21-8-4-9-22-42/h3-40H,1-2H3. The van der Waals surface area contributed by atoms with Gasteiger partial charge in [-0.3, -0.25) is 0 Å². The van der Waals surface area contributed by atoms with E-state index in [1.165, 1.54) is 60.7 Å². The van der Waals surface area contributed by atoms with E-state index in [9.17, 15) is 0 Å². The van der Waals surface area contributed by atoms with Crippen LogP contribution in [0.15, 0.2) is 231 Å². The first kappa shape index (κ1) is 38.5. The van der Waals surface area contributed by atoms with E-state index in [4.69, 9.17) is 9.97 Å². The summed E-state index contributed by atoms with van der Waals surface area (Å²) in [7, 11) is 0. The summed E-state index contributed by atoms with van der Waals surface area (Å²) in [6, 6.07) is 83.3. The Bertz CT molecular complexity index is 3550. The number of benzene rings is 10. The highest BCUT2D eigenvalue weighted by atomic mass is 14.9. The molecule has 1 aliphatic carbocycles. The van der Waals surface area contributed by atoms with Crippen molar-refractivity contribution in [2.24, 2.45) is 0 Å². The maximum absolute atomic E-state index is 5.35. The molecule has 12 rings (SSSR count). The first-order chi connectivity index (χ1) is 32.0. The van der Waals surface area contributed by atoms with Gasteiger partial charge in [-0.2, -0.15) is 0 Å². The third kappa shape index (κ3) is 6.57. The van der Waals surface area contributed by atoms with Gasteiger partial charge in [0.2, 0.25) is 0 Å². The van der Waals surface area contributed by atoms with Crippen molar-refractivity contribution in [2.75, 3.05) is 0 Å².